The maximum absolute atomic E-state index is 13.2. The van der Waals surface area contributed by atoms with E-state index >= 15 is 0 Å². The van der Waals surface area contributed by atoms with Crippen LogP contribution in [0.15, 0.2) is 36.4 Å². The van der Waals surface area contributed by atoms with Gasteiger partial charge in [0.25, 0.3) is 11.8 Å². The molecule has 1 atom stereocenters. The van der Waals surface area contributed by atoms with Crippen LogP contribution in [0.5, 0.6) is 0 Å². The molecule has 1 unspecified atom stereocenters. The number of nitrogens with two attached hydrogens (primary N) is 1. The first-order valence-corrected chi connectivity index (χ1v) is 16.6. The van der Waals surface area contributed by atoms with E-state index in [2.05, 4.69) is 16.0 Å². The maximum Gasteiger partial charge on any atom is 0.410 e. The van der Waals surface area contributed by atoms with Gasteiger partial charge in [-0.1, -0.05) is 29.8 Å². The van der Waals surface area contributed by atoms with Gasteiger partial charge in [0.05, 0.1) is 19.8 Å². The molecule has 50 heavy (non-hydrogen) atoms. The number of urea groups is 1. The van der Waals surface area contributed by atoms with Crippen molar-refractivity contribution in [1.82, 2.24) is 25.3 Å². The molecule has 2 aromatic carbocycles. The zero-order valence-corrected chi connectivity index (χ0v) is 29.4. The number of hydrogen-bond acceptors (Lipinski definition) is 9. The van der Waals surface area contributed by atoms with Crippen molar-refractivity contribution in [3.63, 3.8) is 0 Å². The Kier molecular flexibility index (Phi) is 12.8. The molecule has 0 radical (unpaired) electrons. The first-order chi connectivity index (χ1) is 23.7. The molecular formula is C34H44ClN7O8. The second-order valence-corrected chi connectivity index (χ2v) is 13.4. The minimum absolute atomic E-state index is 0.0540. The minimum Gasteiger partial charge on any atom is -0.444 e. The highest BCUT2D eigenvalue weighted by Gasteiger charge is 2.42. The Labute approximate surface area is 295 Å². The second-order valence-electron chi connectivity index (χ2n) is 13.0. The maximum atomic E-state index is 13.2. The van der Waals surface area contributed by atoms with Gasteiger partial charge in [0.15, 0.2) is 0 Å². The largest absolute Gasteiger partial charge is 0.444 e. The zero-order chi connectivity index (χ0) is 36.6. The summed E-state index contributed by atoms with van der Waals surface area (Å²) in [7, 11) is 1.65. The van der Waals surface area contributed by atoms with E-state index < -0.39 is 41.5 Å². The van der Waals surface area contributed by atoms with Crippen LogP contribution >= 0.6 is 11.6 Å². The number of ether oxygens (including phenoxy) is 2. The molecule has 2 aliphatic heterocycles. The van der Waals surface area contributed by atoms with Crippen molar-refractivity contribution >= 4 is 53.0 Å². The number of piperidine rings is 1. The van der Waals surface area contributed by atoms with Crippen LogP contribution in [0.3, 0.4) is 0 Å². The molecule has 2 aromatic rings. The molecule has 15 nitrogen and oxygen atoms in total. The summed E-state index contributed by atoms with van der Waals surface area (Å²) in [6.45, 7) is 6.29. The summed E-state index contributed by atoms with van der Waals surface area (Å²) < 4.78 is 11.0. The lowest BCUT2D eigenvalue weighted by Gasteiger charge is -2.35. The number of likely N-dealkylation sites (N-methyl/N-ethyl adjacent to an activating group) is 1. The number of anilines is 1. The summed E-state index contributed by atoms with van der Waals surface area (Å²) in [5.74, 6) is -1.82. The van der Waals surface area contributed by atoms with Gasteiger partial charge in [-0.3, -0.25) is 24.1 Å². The van der Waals surface area contributed by atoms with Gasteiger partial charge in [-0.15, -0.1) is 0 Å². The van der Waals surface area contributed by atoms with E-state index in [4.69, 9.17) is 26.8 Å². The fourth-order valence-electron chi connectivity index (χ4n) is 5.38. The van der Waals surface area contributed by atoms with E-state index in [0.29, 0.717) is 48.0 Å². The topological polar surface area (TPSA) is 193 Å². The molecule has 0 aliphatic carbocycles. The summed E-state index contributed by atoms with van der Waals surface area (Å²) in [6.07, 6.45) is 0.361. The smallest absolute Gasteiger partial charge is 0.410 e. The van der Waals surface area contributed by atoms with E-state index in [1.807, 2.05) is 20.8 Å². The summed E-state index contributed by atoms with van der Waals surface area (Å²) in [5.41, 5.74) is 7.95. The molecule has 0 saturated carbocycles. The Bertz CT molecular complexity index is 1630. The van der Waals surface area contributed by atoms with Crippen molar-refractivity contribution in [3.8, 4) is 0 Å². The molecule has 0 bridgehead atoms. The lowest BCUT2D eigenvalue weighted by atomic mass is 10.0. The number of nitrogens with one attached hydrogen (secondary N) is 3. The number of imide groups is 1. The summed E-state index contributed by atoms with van der Waals surface area (Å²) >= 11 is 6.45. The zero-order valence-electron chi connectivity index (χ0n) is 28.7. The highest BCUT2D eigenvalue weighted by atomic mass is 35.5. The van der Waals surface area contributed by atoms with Gasteiger partial charge >= 0.3 is 12.1 Å². The van der Waals surface area contributed by atoms with Gasteiger partial charge in [0.1, 0.15) is 18.3 Å². The summed E-state index contributed by atoms with van der Waals surface area (Å²) in [6, 6.07) is 9.07. The number of amides is 7. The minimum atomic E-state index is -0.849. The quantitative estimate of drug-likeness (QED) is 0.178. The predicted octanol–water partition coefficient (Wildman–Crippen LogP) is 2.59. The SMILES string of the molecule is CN(CCOCCc1ccc(NC(=O)NCc2ccc3c(c2)CN(C2CCC(=O)N(CNC(=O)CN)C2=O)C3=O)cc1Cl)C(=O)OC(C)(C)C. The molecule has 7 amide bonds. The van der Waals surface area contributed by atoms with E-state index in [0.717, 1.165) is 16.0 Å². The van der Waals surface area contributed by atoms with E-state index in [1.165, 1.54) is 9.80 Å². The molecule has 270 valence electrons. The number of benzene rings is 2. The monoisotopic (exact) mass is 713 g/mol. The highest BCUT2D eigenvalue weighted by molar-refractivity contribution is 6.31. The Morgan fingerprint density at radius 3 is 2.52 bits per heavy atom. The van der Waals surface area contributed by atoms with Crippen molar-refractivity contribution in [3.05, 3.63) is 63.7 Å². The van der Waals surface area contributed by atoms with Gasteiger partial charge < -0.3 is 41.0 Å². The van der Waals surface area contributed by atoms with Crippen LogP contribution in [-0.2, 0) is 43.4 Å². The molecule has 2 aliphatic rings. The second kappa shape index (κ2) is 16.8. The van der Waals surface area contributed by atoms with Crippen molar-refractivity contribution < 1.29 is 38.2 Å². The van der Waals surface area contributed by atoms with Crippen LogP contribution in [0.4, 0.5) is 15.3 Å². The number of halogens is 1. The Morgan fingerprint density at radius 1 is 1.06 bits per heavy atom. The fraction of sp³-hybridized carbons (Fsp3) is 0.471. The third-order valence-corrected chi connectivity index (χ3v) is 8.39. The standard InChI is InChI=1S/C34H44ClN7O8/c1-34(2,3)50-33(48)40(4)12-14-49-13-11-22-6-7-24(16-26(22)35)39-32(47)37-18-21-5-8-25-23(15-21)19-41(30(25)45)27-9-10-29(44)42(31(27)46)20-38-28(43)17-36/h5-8,15-16,27H,9-14,17-20,36H2,1-4H3,(H,38,43)(H2,37,39,47). The molecule has 16 heteroatoms. The molecule has 0 spiro atoms. The number of hydrogen-bond donors (Lipinski definition) is 4. The van der Waals surface area contributed by atoms with Crippen LogP contribution in [0.2, 0.25) is 5.02 Å². The van der Waals surface area contributed by atoms with Crippen LogP contribution in [-0.4, -0.2) is 102 Å². The number of fused-ring (bicyclic) bond motifs is 1. The van der Waals surface area contributed by atoms with Gasteiger partial charge in [-0.05, 0) is 68.5 Å². The average molecular weight is 714 g/mol. The number of likely N-dealkylation sites (tertiary alicyclic amines) is 1. The molecule has 0 aromatic heterocycles. The number of carbonyl (C=O) groups is 6. The van der Waals surface area contributed by atoms with Crippen molar-refractivity contribution in [2.45, 2.75) is 64.8 Å². The Hall–Kier alpha value is -4.73. The molecule has 4 rings (SSSR count). The van der Waals surface area contributed by atoms with Crippen LogP contribution in [0.25, 0.3) is 0 Å². The highest BCUT2D eigenvalue weighted by Crippen LogP contribution is 2.30. The molecule has 1 saturated heterocycles. The van der Waals surface area contributed by atoms with E-state index in [1.54, 1.807) is 43.4 Å². The summed E-state index contributed by atoms with van der Waals surface area (Å²) in [4.78, 5) is 78.8. The Morgan fingerprint density at radius 2 is 1.82 bits per heavy atom. The average Bonchev–Trinajstić information content (AvgIpc) is 3.38. The normalized spacial score (nSPS) is 15.9. The van der Waals surface area contributed by atoms with Gasteiger partial charge in [-0.2, -0.15) is 0 Å². The third kappa shape index (κ3) is 10.2. The number of rotatable bonds is 13. The van der Waals surface area contributed by atoms with Crippen molar-refractivity contribution in [1.29, 1.82) is 0 Å². The third-order valence-electron chi connectivity index (χ3n) is 8.04. The van der Waals surface area contributed by atoms with Crippen molar-refractivity contribution in [2.24, 2.45) is 5.73 Å². The first-order valence-electron chi connectivity index (χ1n) is 16.3. The number of nitrogens with zero attached hydrogens (tertiary/aromatic N) is 3. The molecule has 1 fully saturated rings. The number of carbonyl (C=O) groups excluding carboxylic acids is 6. The van der Waals surface area contributed by atoms with Gasteiger partial charge in [-0.25, -0.2) is 9.59 Å². The first kappa shape index (κ1) is 38.1. The van der Waals surface area contributed by atoms with E-state index in [-0.39, 0.29) is 45.1 Å². The van der Waals surface area contributed by atoms with E-state index in [9.17, 15) is 28.8 Å². The fourth-order valence-corrected chi connectivity index (χ4v) is 5.65. The van der Waals surface area contributed by atoms with Crippen LogP contribution in [0, 0.1) is 0 Å². The van der Waals surface area contributed by atoms with Crippen LogP contribution in [0.1, 0.15) is 60.7 Å². The van der Waals surface area contributed by atoms with Crippen molar-refractivity contribution in [2.75, 3.05) is 45.3 Å². The Balaban J connectivity index is 1.22. The molecular weight excluding hydrogens is 670 g/mol. The van der Waals surface area contributed by atoms with Gasteiger partial charge in [0, 0.05) is 49.4 Å². The van der Waals surface area contributed by atoms with Gasteiger partial charge in [0.2, 0.25) is 11.8 Å². The molecule has 2 heterocycles. The summed E-state index contributed by atoms with van der Waals surface area (Å²) in [5, 5.41) is 8.45. The lowest BCUT2D eigenvalue weighted by Crippen LogP contribution is -2.57. The molecule has 5 N–H and O–H groups in total. The predicted molar refractivity (Wildman–Crippen MR) is 184 cm³/mol. The van der Waals surface area contributed by atoms with Crippen LogP contribution < -0.4 is 21.7 Å². The lowest BCUT2D eigenvalue weighted by molar-refractivity contribution is -0.152.